The Hall–Kier alpha value is -1.52. The Balaban J connectivity index is 1.81. The van der Waals surface area contributed by atoms with Crippen molar-refractivity contribution in [3.05, 3.63) is 47.4 Å². The Kier molecular flexibility index (Phi) is 2.74. The van der Waals surface area contributed by atoms with Crippen LogP contribution in [0.15, 0.2) is 41.0 Å². The summed E-state index contributed by atoms with van der Waals surface area (Å²) < 4.78 is 6.32. The molecule has 0 fully saturated rings. The fourth-order valence-corrected chi connectivity index (χ4v) is 2.69. The molecule has 0 saturated carbocycles. The van der Waals surface area contributed by atoms with Crippen molar-refractivity contribution in [2.24, 2.45) is 0 Å². The number of anilines is 1. The largest absolute Gasteiger partial charge is 0.467 e. The van der Waals surface area contributed by atoms with Crippen molar-refractivity contribution >= 4 is 38.3 Å². The van der Waals surface area contributed by atoms with Crippen molar-refractivity contribution < 1.29 is 4.42 Å². The van der Waals surface area contributed by atoms with E-state index in [4.69, 9.17) is 16.0 Å². The van der Waals surface area contributed by atoms with Crippen molar-refractivity contribution in [1.29, 1.82) is 0 Å². The fraction of sp³-hybridized carbons (Fsp3) is 0.0833. The van der Waals surface area contributed by atoms with E-state index in [2.05, 4.69) is 10.3 Å². The third-order valence-electron chi connectivity index (χ3n) is 2.34. The zero-order valence-corrected chi connectivity index (χ0v) is 10.4. The van der Waals surface area contributed by atoms with Gasteiger partial charge in [0.1, 0.15) is 5.76 Å². The summed E-state index contributed by atoms with van der Waals surface area (Å²) in [4.78, 5) is 4.46. The molecule has 0 saturated heterocycles. The van der Waals surface area contributed by atoms with Gasteiger partial charge >= 0.3 is 0 Å². The second kappa shape index (κ2) is 4.39. The maximum absolute atomic E-state index is 5.93. The highest BCUT2D eigenvalue weighted by Gasteiger charge is 2.04. The zero-order chi connectivity index (χ0) is 11.7. The van der Waals surface area contributed by atoms with Gasteiger partial charge in [-0.1, -0.05) is 22.9 Å². The predicted molar refractivity (Wildman–Crippen MR) is 70.7 cm³/mol. The van der Waals surface area contributed by atoms with E-state index in [0.717, 1.165) is 26.1 Å². The molecule has 0 aliphatic rings. The SMILES string of the molecule is Clc1ccc2nc(NCc3ccco3)sc2c1. The van der Waals surface area contributed by atoms with Gasteiger partial charge in [-0.25, -0.2) is 4.98 Å². The molecular formula is C12H9ClN2OS. The minimum atomic E-state index is 0.639. The summed E-state index contributed by atoms with van der Waals surface area (Å²) in [6, 6.07) is 9.49. The number of benzene rings is 1. The molecule has 0 aliphatic heterocycles. The van der Waals surface area contributed by atoms with Crippen LogP contribution in [0, 0.1) is 0 Å². The van der Waals surface area contributed by atoms with Gasteiger partial charge < -0.3 is 9.73 Å². The zero-order valence-electron chi connectivity index (χ0n) is 8.81. The van der Waals surface area contributed by atoms with Crippen LogP contribution in [0.3, 0.4) is 0 Å². The summed E-state index contributed by atoms with van der Waals surface area (Å²) in [5.41, 5.74) is 0.960. The molecule has 0 spiro atoms. The van der Waals surface area contributed by atoms with Crippen LogP contribution >= 0.6 is 22.9 Å². The molecule has 86 valence electrons. The van der Waals surface area contributed by atoms with Crippen molar-refractivity contribution in [2.45, 2.75) is 6.54 Å². The Morgan fingerprint density at radius 2 is 2.29 bits per heavy atom. The summed E-state index contributed by atoms with van der Waals surface area (Å²) in [5, 5.41) is 4.84. The Morgan fingerprint density at radius 1 is 1.35 bits per heavy atom. The predicted octanol–water partition coefficient (Wildman–Crippen LogP) is 4.15. The molecule has 0 unspecified atom stereocenters. The summed E-state index contributed by atoms with van der Waals surface area (Å²) >= 11 is 7.51. The highest BCUT2D eigenvalue weighted by Crippen LogP contribution is 2.28. The van der Waals surface area contributed by atoms with Gasteiger partial charge in [-0.15, -0.1) is 0 Å². The first-order valence-corrected chi connectivity index (χ1v) is 6.33. The topological polar surface area (TPSA) is 38.1 Å². The van der Waals surface area contributed by atoms with E-state index in [1.165, 1.54) is 0 Å². The number of hydrogen-bond acceptors (Lipinski definition) is 4. The summed E-state index contributed by atoms with van der Waals surface area (Å²) in [7, 11) is 0. The molecule has 3 rings (SSSR count). The number of nitrogens with one attached hydrogen (secondary N) is 1. The Morgan fingerprint density at radius 3 is 3.12 bits per heavy atom. The normalized spacial score (nSPS) is 10.9. The molecule has 0 atom stereocenters. The first-order chi connectivity index (χ1) is 8.31. The standard InChI is InChI=1S/C12H9ClN2OS/c13-8-3-4-10-11(6-8)17-12(15-10)14-7-9-2-1-5-16-9/h1-6H,7H2,(H,14,15). The number of rotatable bonds is 3. The summed E-state index contributed by atoms with van der Waals surface area (Å²) in [5.74, 6) is 0.891. The second-order valence-corrected chi connectivity index (χ2v) is 5.03. The minimum absolute atomic E-state index is 0.639. The quantitative estimate of drug-likeness (QED) is 0.772. The van der Waals surface area contributed by atoms with Crippen molar-refractivity contribution in [2.75, 3.05) is 5.32 Å². The minimum Gasteiger partial charge on any atom is -0.467 e. The highest BCUT2D eigenvalue weighted by atomic mass is 35.5. The maximum Gasteiger partial charge on any atom is 0.184 e. The van der Waals surface area contributed by atoms with E-state index in [9.17, 15) is 0 Å². The van der Waals surface area contributed by atoms with Crippen LogP contribution in [-0.4, -0.2) is 4.98 Å². The van der Waals surface area contributed by atoms with Crippen LogP contribution in [0.1, 0.15) is 5.76 Å². The molecule has 0 bridgehead atoms. The molecule has 1 N–H and O–H groups in total. The van der Waals surface area contributed by atoms with E-state index in [-0.39, 0.29) is 0 Å². The lowest BCUT2D eigenvalue weighted by atomic mass is 10.3. The monoisotopic (exact) mass is 264 g/mol. The van der Waals surface area contributed by atoms with Gasteiger partial charge in [-0.3, -0.25) is 0 Å². The molecule has 2 heterocycles. The number of furan rings is 1. The molecule has 1 aromatic carbocycles. The van der Waals surface area contributed by atoms with E-state index < -0.39 is 0 Å². The number of hydrogen-bond donors (Lipinski definition) is 1. The van der Waals surface area contributed by atoms with Crippen LogP contribution in [0.4, 0.5) is 5.13 Å². The molecule has 0 amide bonds. The van der Waals surface area contributed by atoms with Crippen LogP contribution in [-0.2, 0) is 6.54 Å². The molecular weight excluding hydrogens is 256 g/mol. The summed E-state index contributed by atoms with van der Waals surface area (Å²) in [6.07, 6.45) is 1.66. The molecule has 3 nitrogen and oxygen atoms in total. The highest BCUT2D eigenvalue weighted by molar-refractivity contribution is 7.22. The first kappa shape index (κ1) is 10.6. The van der Waals surface area contributed by atoms with E-state index in [1.54, 1.807) is 17.6 Å². The van der Waals surface area contributed by atoms with E-state index in [0.29, 0.717) is 6.54 Å². The summed E-state index contributed by atoms with van der Waals surface area (Å²) in [6.45, 7) is 0.639. The number of halogens is 1. The third-order valence-corrected chi connectivity index (χ3v) is 3.56. The Labute approximate surface area is 107 Å². The lowest BCUT2D eigenvalue weighted by molar-refractivity contribution is 0.518. The Bertz CT molecular complexity index is 633. The van der Waals surface area contributed by atoms with Crippen LogP contribution in [0.5, 0.6) is 0 Å². The average molecular weight is 265 g/mol. The van der Waals surface area contributed by atoms with Gasteiger partial charge in [0.05, 0.1) is 23.0 Å². The molecule has 17 heavy (non-hydrogen) atoms. The lowest BCUT2D eigenvalue weighted by Crippen LogP contribution is -1.96. The molecule has 2 aromatic heterocycles. The van der Waals surface area contributed by atoms with Crippen LogP contribution in [0.25, 0.3) is 10.2 Å². The number of thiazole rings is 1. The van der Waals surface area contributed by atoms with Gasteiger partial charge in [-0.2, -0.15) is 0 Å². The smallest absolute Gasteiger partial charge is 0.184 e. The molecule has 0 radical (unpaired) electrons. The number of fused-ring (bicyclic) bond motifs is 1. The average Bonchev–Trinajstić information content (AvgIpc) is 2.94. The van der Waals surface area contributed by atoms with Crippen LogP contribution < -0.4 is 5.32 Å². The van der Waals surface area contributed by atoms with Gasteiger partial charge in [0, 0.05) is 5.02 Å². The molecule has 5 heteroatoms. The van der Waals surface area contributed by atoms with E-state index in [1.807, 2.05) is 30.3 Å². The van der Waals surface area contributed by atoms with Crippen molar-refractivity contribution in [3.8, 4) is 0 Å². The third kappa shape index (κ3) is 2.28. The van der Waals surface area contributed by atoms with Crippen LogP contribution in [0.2, 0.25) is 5.02 Å². The van der Waals surface area contributed by atoms with Crippen molar-refractivity contribution in [3.63, 3.8) is 0 Å². The second-order valence-electron chi connectivity index (χ2n) is 3.56. The lowest BCUT2D eigenvalue weighted by Gasteiger charge is -1.97. The van der Waals surface area contributed by atoms with Gasteiger partial charge in [0.2, 0.25) is 0 Å². The van der Waals surface area contributed by atoms with Crippen molar-refractivity contribution in [1.82, 2.24) is 4.98 Å². The van der Waals surface area contributed by atoms with E-state index >= 15 is 0 Å². The van der Waals surface area contributed by atoms with Gasteiger partial charge in [-0.05, 0) is 30.3 Å². The first-order valence-electron chi connectivity index (χ1n) is 5.13. The van der Waals surface area contributed by atoms with Gasteiger partial charge in [0.25, 0.3) is 0 Å². The molecule has 0 aliphatic carbocycles. The maximum atomic E-state index is 5.93. The number of nitrogens with zero attached hydrogens (tertiary/aromatic N) is 1. The van der Waals surface area contributed by atoms with Gasteiger partial charge in [0.15, 0.2) is 5.13 Å². The molecule has 3 aromatic rings. The number of aromatic nitrogens is 1. The fourth-order valence-electron chi connectivity index (χ4n) is 1.55.